The molecule has 2 rings (SSSR count). The minimum Gasteiger partial charge on any atom is -0.478 e. The summed E-state index contributed by atoms with van der Waals surface area (Å²) in [5.74, 6) is -0.564. The van der Waals surface area contributed by atoms with Gasteiger partial charge in [0.25, 0.3) is 0 Å². The predicted molar refractivity (Wildman–Crippen MR) is 133 cm³/mol. The minimum atomic E-state index is -0.981. The highest BCUT2D eigenvalue weighted by Gasteiger charge is 2.19. The smallest absolute Gasteiger partial charge is 0.330 e. The number of Topliss-reactive ketones (excluding diaryl/α,β-unsaturated/α-hetero) is 2. The maximum Gasteiger partial charge on any atom is 0.330 e. The van der Waals surface area contributed by atoms with Crippen LogP contribution < -0.4 is 0 Å². The summed E-state index contributed by atoms with van der Waals surface area (Å²) in [6.07, 6.45) is 8.19. The lowest BCUT2D eigenvalue weighted by molar-refractivity contribution is -0.133. The van der Waals surface area contributed by atoms with E-state index in [2.05, 4.69) is 26.3 Å². The Bertz CT molecular complexity index is 792. The highest BCUT2D eigenvalue weighted by atomic mass is 16.4. The van der Waals surface area contributed by atoms with Gasteiger partial charge in [-0.1, -0.05) is 49.6 Å². The standard InChI is InChI=1S/2C10H14O.C4H6O2.C3H4O2/c2*1-7(2)9-5-4-8(3)10(11)6-9;1-3(2)4(5)6;1-2-3(4)5/h2*4,9H,1,5-6H2,2-3H3;1H2,2H3,(H,5,6);2H,1H2,(H,4,5). The molecule has 6 nitrogen and oxygen atoms in total. The number of hydrogen-bond donors (Lipinski definition) is 2. The van der Waals surface area contributed by atoms with E-state index in [0.717, 1.165) is 41.2 Å². The van der Waals surface area contributed by atoms with Crippen LogP contribution in [0.15, 0.2) is 72.4 Å². The zero-order valence-corrected chi connectivity index (χ0v) is 20.6. The molecule has 0 bridgehead atoms. The molecule has 0 spiro atoms. The van der Waals surface area contributed by atoms with Gasteiger partial charge < -0.3 is 10.2 Å². The SMILES string of the molecule is C=C(C)C(=O)O.C=C(C)C1CC=C(C)C(=O)C1.C=C(C)C1CC=C(C)C(=O)C1.C=CC(=O)O. The molecule has 2 atom stereocenters. The molecule has 0 fully saturated rings. The van der Waals surface area contributed by atoms with Crippen LogP contribution in [0, 0.1) is 11.8 Å². The summed E-state index contributed by atoms with van der Waals surface area (Å²) in [5.41, 5.74) is 4.27. The molecule has 0 aromatic rings. The van der Waals surface area contributed by atoms with Gasteiger partial charge in [-0.2, -0.15) is 0 Å². The zero-order chi connectivity index (χ0) is 26.3. The van der Waals surface area contributed by atoms with Crippen LogP contribution >= 0.6 is 0 Å². The molecule has 2 unspecified atom stereocenters. The van der Waals surface area contributed by atoms with Gasteiger partial charge in [-0.3, -0.25) is 9.59 Å². The van der Waals surface area contributed by atoms with Gasteiger partial charge in [0, 0.05) is 24.5 Å². The van der Waals surface area contributed by atoms with Crippen molar-refractivity contribution >= 4 is 23.5 Å². The maximum atomic E-state index is 11.2. The fourth-order valence-corrected chi connectivity index (χ4v) is 2.55. The van der Waals surface area contributed by atoms with Crippen LogP contribution in [-0.2, 0) is 19.2 Å². The highest BCUT2D eigenvalue weighted by molar-refractivity contribution is 5.96. The van der Waals surface area contributed by atoms with Gasteiger partial charge in [0.1, 0.15) is 0 Å². The lowest BCUT2D eigenvalue weighted by atomic mass is 9.85. The Morgan fingerprint density at radius 1 is 0.848 bits per heavy atom. The molecular formula is C27H38O6. The number of hydrogen-bond acceptors (Lipinski definition) is 4. The number of carboxylic acids is 2. The number of aliphatic carboxylic acids is 2. The summed E-state index contributed by atoms with van der Waals surface area (Å²) >= 11 is 0. The lowest BCUT2D eigenvalue weighted by Gasteiger charge is -2.18. The monoisotopic (exact) mass is 458 g/mol. The summed E-state index contributed by atoms with van der Waals surface area (Å²) in [6, 6.07) is 0. The summed E-state index contributed by atoms with van der Waals surface area (Å²) in [7, 11) is 0. The van der Waals surface area contributed by atoms with Gasteiger partial charge in [0.15, 0.2) is 11.6 Å². The third-order valence-electron chi connectivity index (χ3n) is 5.09. The number of allylic oxidation sites excluding steroid dienone is 6. The Morgan fingerprint density at radius 2 is 1.12 bits per heavy atom. The molecule has 0 amide bonds. The molecule has 2 aliphatic carbocycles. The fourth-order valence-electron chi connectivity index (χ4n) is 2.55. The number of ketones is 2. The zero-order valence-electron chi connectivity index (χ0n) is 20.6. The second-order valence-corrected chi connectivity index (χ2v) is 8.21. The van der Waals surface area contributed by atoms with Crippen molar-refractivity contribution in [3.05, 3.63) is 72.4 Å². The van der Waals surface area contributed by atoms with Crippen molar-refractivity contribution in [2.75, 3.05) is 0 Å². The molecule has 0 aliphatic heterocycles. The third-order valence-corrected chi connectivity index (χ3v) is 5.09. The molecule has 33 heavy (non-hydrogen) atoms. The van der Waals surface area contributed by atoms with E-state index in [0.29, 0.717) is 24.7 Å². The Labute approximate surface area is 197 Å². The molecule has 0 saturated carbocycles. The van der Waals surface area contributed by atoms with E-state index < -0.39 is 11.9 Å². The van der Waals surface area contributed by atoms with E-state index in [1.165, 1.54) is 6.92 Å². The lowest BCUT2D eigenvalue weighted by Crippen LogP contribution is -2.14. The highest BCUT2D eigenvalue weighted by Crippen LogP contribution is 2.26. The second kappa shape index (κ2) is 16.4. The van der Waals surface area contributed by atoms with E-state index in [-0.39, 0.29) is 17.1 Å². The van der Waals surface area contributed by atoms with Crippen molar-refractivity contribution in [3.63, 3.8) is 0 Å². The normalized spacial score (nSPS) is 18.8. The molecule has 0 radical (unpaired) electrons. The summed E-state index contributed by atoms with van der Waals surface area (Å²) in [6.45, 7) is 23.0. The Morgan fingerprint density at radius 3 is 1.27 bits per heavy atom. The van der Waals surface area contributed by atoms with Gasteiger partial charge in [-0.15, -0.1) is 0 Å². The van der Waals surface area contributed by atoms with Crippen molar-refractivity contribution in [1.29, 1.82) is 0 Å². The van der Waals surface area contributed by atoms with E-state index >= 15 is 0 Å². The van der Waals surface area contributed by atoms with E-state index in [9.17, 15) is 19.2 Å². The maximum absolute atomic E-state index is 11.2. The number of carbonyl (C=O) groups is 4. The minimum absolute atomic E-state index is 0.176. The molecule has 0 aromatic carbocycles. The van der Waals surface area contributed by atoms with Crippen molar-refractivity contribution in [3.8, 4) is 0 Å². The first-order valence-corrected chi connectivity index (χ1v) is 10.6. The molecule has 2 aliphatic rings. The topological polar surface area (TPSA) is 109 Å². The van der Waals surface area contributed by atoms with Crippen LogP contribution in [0.5, 0.6) is 0 Å². The molecule has 0 aromatic heterocycles. The summed E-state index contributed by atoms with van der Waals surface area (Å²) in [5, 5.41) is 15.5. The van der Waals surface area contributed by atoms with Crippen molar-refractivity contribution in [2.24, 2.45) is 11.8 Å². The second-order valence-electron chi connectivity index (χ2n) is 8.21. The molecule has 182 valence electrons. The van der Waals surface area contributed by atoms with Crippen molar-refractivity contribution in [1.82, 2.24) is 0 Å². The third kappa shape index (κ3) is 15.2. The fraction of sp³-hybridized carbons (Fsp3) is 0.407. The van der Waals surface area contributed by atoms with Crippen LogP contribution in [0.25, 0.3) is 0 Å². The van der Waals surface area contributed by atoms with Crippen LogP contribution in [-0.4, -0.2) is 33.7 Å². The van der Waals surface area contributed by atoms with Crippen LogP contribution in [0.1, 0.15) is 60.3 Å². The average molecular weight is 459 g/mol. The van der Waals surface area contributed by atoms with E-state index in [4.69, 9.17) is 10.2 Å². The quantitative estimate of drug-likeness (QED) is 0.402. The van der Waals surface area contributed by atoms with Crippen molar-refractivity contribution < 1.29 is 29.4 Å². The number of carbonyl (C=O) groups excluding carboxylic acids is 2. The largest absolute Gasteiger partial charge is 0.478 e. The Kier molecular flexibility index (Phi) is 15.8. The Hall–Kier alpha value is -3.28. The van der Waals surface area contributed by atoms with Gasteiger partial charge in [0.05, 0.1) is 0 Å². The van der Waals surface area contributed by atoms with Crippen LogP contribution in [0.4, 0.5) is 0 Å². The molecular weight excluding hydrogens is 420 g/mol. The molecule has 0 saturated heterocycles. The molecule has 0 heterocycles. The number of carboxylic acid groups (broad SMARTS) is 2. The van der Waals surface area contributed by atoms with E-state index in [1.807, 2.05) is 39.8 Å². The molecule has 2 N–H and O–H groups in total. The van der Waals surface area contributed by atoms with Gasteiger partial charge >= 0.3 is 11.9 Å². The van der Waals surface area contributed by atoms with Crippen LogP contribution in [0.2, 0.25) is 0 Å². The predicted octanol–water partition coefficient (Wildman–Crippen LogP) is 5.88. The van der Waals surface area contributed by atoms with Gasteiger partial charge in [0.2, 0.25) is 0 Å². The van der Waals surface area contributed by atoms with Crippen LogP contribution in [0.3, 0.4) is 0 Å². The first-order chi connectivity index (χ1) is 15.1. The van der Waals surface area contributed by atoms with Gasteiger partial charge in [-0.25, -0.2) is 9.59 Å². The van der Waals surface area contributed by atoms with E-state index in [1.54, 1.807) is 0 Å². The van der Waals surface area contributed by atoms with Crippen molar-refractivity contribution in [2.45, 2.75) is 60.3 Å². The first-order valence-electron chi connectivity index (χ1n) is 10.6. The summed E-state index contributed by atoms with van der Waals surface area (Å²) in [4.78, 5) is 41.2. The average Bonchev–Trinajstić information content (AvgIpc) is 2.73. The van der Waals surface area contributed by atoms with Gasteiger partial charge in [-0.05, 0) is 70.4 Å². The number of rotatable bonds is 4. The first kappa shape index (κ1) is 31.9. The Balaban J connectivity index is 0. The summed E-state index contributed by atoms with van der Waals surface area (Å²) < 4.78 is 0. The molecule has 6 heteroatoms.